The van der Waals surface area contributed by atoms with E-state index >= 15 is 0 Å². The highest BCUT2D eigenvalue weighted by Gasteiger charge is 2.31. The molecule has 0 spiro atoms. The third-order valence-electron chi connectivity index (χ3n) is 3.81. The van der Waals surface area contributed by atoms with Gasteiger partial charge in [-0.25, -0.2) is 0 Å². The fourth-order valence-electron chi connectivity index (χ4n) is 2.06. The number of carbonyl (C=O) groups excluding carboxylic acids is 4. The van der Waals surface area contributed by atoms with E-state index in [2.05, 4.69) is 10.6 Å². The Morgan fingerprint density at radius 2 is 1.54 bits per heavy atom. The number of rotatable bonds is 12. The number of hydrogen-bond donors (Lipinski definition) is 7. The van der Waals surface area contributed by atoms with Crippen LogP contribution in [0.3, 0.4) is 0 Å². The lowest BCUT2D eigenvalue weighted by molar-refractivity contribution is -0.139. The van der Waals surface area contributed by atoms with Crippen molar-refractivity contribution in [3.8, 4) is 0 Å². The maximum absolute atomic E-state index is 12.5. The fourth-order valence-corrected chi connectivity index (χ4v) is 2.06. The number of carbonyl (C=O) groups is 5. The molecule has 28 heavy (non-hydrogen) atoms. The molecule has 12 heteroatoms. The van der Waals surface area contributed by atoms with E-state index in [4.69, 9.17) is 16.6 Å². The molecule has 0 aliphatic rings. The van der Waals surface area contributed by atoms with Gasteiger partial charge >= 0.3 is 5.97 Å². The fraction of sp³-hybridized carbons (Fsp3) is 0.688. The number of nitrogens with two attached hydrogens (primary N) is 2. The standard InChI is InChI=1S/C16H29N5O7/c1-7(2)12(18)15(27)20-9(4-5-10(17)23)14(26)21-13(8(3)22)16(28)19-6-11(24)25/h7-9,12-13,22H,4-6,18H2,1-3H3,(H2,17,23)(H,19,28)(H,20,27)(H,21,26)(H,24,25). The Bertz CT molecular complexity index is 594. The van der Waals surface area contributed by atoms with Gasteiger partial charge in [0.05, 0.1) is 12.1 Å². The smallest absolute Gasteiger partial charge is 0.322 e. The van der Waals surface area contributed by atoms with Crippen molar-refractivity contribution in [1.29, 1.82) is 0 Å². The zero-order valence-electron chi connectivity index (χ0n) is 16.1. The second-order valence-corrected chi connectivity index (χ2v) is 6.67. The van der Waals surface area contributed by atoms with Gasteiger partial charge in [-0.3, -0.25) is 24.0 Å². The number of aliphatic hydroxyl groups excluding tert-OH is 1. The van der Waals surface area contributed by atoms with Crippen molar-refractivity contribution in [3.05, 3.63) is 0 Å². The summed E-state index contributed by atoms with van der Waals surface area (Å²) in [5.41, 5.74) is 10.8. The first-order valence-corrected chi connectivity index (χ1v) is 8.69. The first-order valence-electron chi connectivity index (χ1n) is 8.69. The summed E-state index contributed by atoms with van der Waals surface area (Å²) in [6.07, 6.45) is -1.73. The third kappa shape index (κ3) is 9.28. The van der Waals surface area contributed by atoms with Crippen molar-refractivity contribution in [2.45, 2.75) is 57.8 Å². The lowest BCUT2D eigenvalue weighted by atomic mass is 10.0. The summed E-state index contributed by atoms with van der Waals surface area (Å²) < 4.78 is 0. The number of primary amides is 1. The van der Waals surface area contributed by atoms with Gasteiger partial charge in [0.15, 0.2) is 0 Å². The lowest BCUT2D eigenvalue weighted by Gasteiger charge is -2.25. The van der Waals surface area contributed by atoms with Gasteiger partial charge in [0, 0.05) is 6.42 Å². The number of hydrogen-bond acceptors (Lipinski definition) is 7. The molecule has 0 aromatic heterocycles. The van der Waals surface area contributed by atoms with E-state index in [-0.39, 0.29) is 18.8 Å². The predicted molar refractivity (Wildman–Crippen MR) is 97.4 cm³/mol. The Labute approximate surface area is 162 Å². The van der Waals surface area contributed by atoms with Crippen LogP contribution >= 0.6 is 0 Å². The Morgan fingerprint density at radius 1 is 0.964 bits per heavy atom. The molecule has 0 aromatic rings. The van der Waals surface area contributed by atoms with Crippen LogP contribution < -0.4 is 27.4 Å². The van der Waals surface area contributed by atoms with Crippen LogP contribution in [0.1, 0.15) is 33.6 Å². The first kappa shape index (κ1) is 25.3. The molecular formula is C16H29N5O7. The van der Waals surface area contributed by atoms with Crippen LogP contribution in [-0.4, -0.2) is 70.6 Å². The molecular weight excluding hydrogens is 374 g/mol. The maximum atomic E-state index is 12.5. The number of nitrogens with one attached hydrogen (secondary N) is 3. The van der Waals surface area contributed by atoms with E-state index in [9.17, 15) is 29.1 Å². The normalized spacial score (nSPS) is 15.1. The molecule has 0 fully saturated rings. The van der Waals surface area contributed by atoms with Crippen LogP contribution in [-0.2, 0) is 24.0 Å². The molecule has 0 bridgehead atoms. The topological polar surface area (TPSA) is 214 Å². The van der Waals surface area contributed by atoms with Gasteiger partial charge in [0.1, 0.15) is 18.6 Å². The number of carboxylic acid groups (broad SMARTS) is 1. The molecule has 12 nitrogen and oxygen atoms in total. The minimum atomic E-state index is -1.47. The van der Waals surface area contributed by atoms with Crippen molar-refractivity contribution in [3.63, 3.8) is 0 Å². The molecule has 160 valence electrons. The molecule has 0 aromatic carbocycles. The Hall–Kier alpha value is -2.73. The van der Waals surface area contributed by atoms with Crippen molar-refractivity contribution in [2.24, 2.45) is 17.4 Å². The number of amides is 4. The average molecular weight is 403 g/mol. The van der Waals surface area contributed by atoms with Gasteiger partial charge in [0.2, 0.25) is 23.6 Å². The van der Waals surface area contributed by atoms with Crippen LogP contribution in [0, 0.1) is 5.92 Å². The molecule has 0 aliphatic carbocycles. The van der Waals surface area contributed by atoms with Crippen molar-refractivity contribution in [1.82, 2.24) is 16.0 Å². The maximum Gasteiger partial charge on any atom is 0.322 e. The molecule has 0 radical (unpaired) electrons. The minimum Gasteiger partial charge on any atom is -0.480 e. The third-order valence-corrected chi connectivity index (χ3v) is 3.81. The van der Waals surface area contributed by atoms with Gasteiger partial charge in [0.25, 0.3) is 0 Å². The van der Waals surface area contributed by atoms with E-state index in [0.29, 0.717) is 0 Å². The molecule has 0 saturated heterocycles. The van der Waals surface area contributed by atoms with E-state index in [0.717, 1.165) is 0 Å². The van der Waals surface area contributed by atoms with Crippen LogP contribution in [0.2, 0.25) is 0 Å². The average Bonchev–Trinajstić information content (AvgIpc) is 2.59. The van der Waals surface area contributed by atoms with Crippen LogP contribution in [0.4, 0.5) is 0 Å². The molecule has 4 unspecified atom stereocenters. The van der Waals surface area contributed by atoms with Crippen LogP contribution in [0.25, 0.3) is 0 Å². The number of aliphatic hydroxyl groups is 1. The van der Waals surface area contributed by atoms with Crippen molar-refractivity contribution in [2.75, 3.05) is 6.54 Å². The van der Waals surface area contributed by atoms with Gasteiger partial charge < -0.3 is 37.6 Å². The number of carboxylic acids is 1. The molecule has 0 aliphatic heterocycles. The van der Waals surface area contributed by atoms with Gasteiger partial charge in [-0.15, -0.1) is 0 Å². The SMILES string of the molecule is CC(C)C(N)C(=O)NC(CCC(N)=O)C(=O)NC(C(=O)NCC(=O)O)C(C)O. The van der Waals surface area contributed by atoms with E-state index in [1.54, 1.807) is 13.8 Å². The highest BCUT2D eigenvalue weighted by Crippen LogP contribution is 2.04. The molecule has 0 saturated carbocycles. The molecule has 0 rings (SSSR count). The summed E-state index contributed by atoms with van der Waals surface area (Å²) in [5.74, 6) is -4.65. The summed E-state index contributed by atoms with van der Waals surface area (Å²) in [5, 5.41) is 25.0. The Morgan fingerprint density at radius 3 is 1.96 bits per heavy atom. The largest absolute Gasteiger partial charge is 0.480 e. The molecule has 9 N–H and O–H groups in total. The summed E-state index contributed by atoms with van der Waals surface area (Å²) in [4.78, 5) is 58.2. The second-order valence-electron chi connectivity index (χ2n) is 6.67. The molecule has 4 atom stereocenters. The zero-order valence-corrected chi connectivity index (χ0v) is 16.1. The van der Waals surface area contributed by atoms with E-state index in [1.165, 1.54) is 6.92 Å². The zero-order chi connectivity index (χ0) is 22.0. The molecule has 0 heterocycles. The quantitative estimate of drug-likeness (QED) is 0.175. The first-order chi connectivity index (χ1) is 12.9. The monoisotopic (exact) mass is 403 g/mol. The number of aliphatic carboxylic acids is 1. The van der Waals surface area contributed by atoms with Gasteiger partial charge in [-0.1, -0.05) is 13.8 Å². The van der Waals surface area contributed by atoms with E-state index in [1.807, 2.05) is 5.32 Å². The summed E-state index contributed by atoms with van der Waals surface area (Å²) in [6, 6.07) is -3.62. The highest BCUT2D eigenvalue weighted by molar-refractivity contribution is 5.94. The second kappa shape index (κ2) is 11.9. The van der Waals surface area contributed by atoms with Crippen LogP contribution in [0.15, 0.2) is 0 Å². The lowest BCUT2D eigenvalue weighted by Crippen LogP contribution is -2.59. The van der Waals surface area contributed by atoms with Gasteiger partial charge in [-0.2, -0.15) is 0 Å². The van der Waals surface area contributed by atoms with Gasteiger partial charge in [-0.05, 0) is 19.3 Å². The molecule has 4 amide bonds. The Kier molecular flexibility index (Phi) is 10.7. The summed E-state index contributed by atoms with van der Waals surface area (Å²) in [7, 11) is 0. The van der Waals surface area contributed by atoms with E-state index < -0.39 is 60.4 Å². The minimum absolute atomic E-state index is 0.152. The predicted octanol–water partition coefficient (Wildman–Crippen LogP) is -3.21. The van der Waals surface area contributed by atoms with Crippen molar-refractivity contribution < 1.29 is 34.2 Å². The highest BCUT2D eigenvalue weighted by atomic mass is 16.4. The Balaban J connectivity index is 5.25. The van der Waals surface area contributed by atoms with Crippen molar-refractivity contribution >= 4 is 29.6 Å². The van der Waals surface area contributed by atoms with Crippen LogP contribution in [0.5, 0.6) is 0 Å². The summed E-state index contributed by atoms with van der Waals surface area (Å²) >= 11 is 0. The summed E-state index contributed by atoms with van der Waals surface area (Å²) in [6.45, 7) is 3.93.